The fourth-order valence-electron chi connectivity index (χ4n) is 1.90. The Morgan fingerprint density at radius 1 is 1.38 bits per heavy atom. The summed E-state index contributed by atoms with van der Waals surface area (Å²) in [5.41, 5.74) is 7.85. The summed E-state index contributed by atoms with van der Waals surface area (Å²) < 4.78 is 16.0. The number of methoxy groups -OCH3 is 1. The van der Waals surface area contributed by atoms with Gasteiger partial charge in [0.15, 0.2) is 11.5 Å². The maximum absolute atomic E-state index is 5.53. The minimum atomic E-state index is 0.298. The summed E-state index contributed by atoms with van der Waals surface area (Å²) in [5, 5.41) is 0. The fraction of sp³-hybridized carbons (Fsp3) is 0.500. The first-order chi connectivity index (χ1) is 7.86. The molecule has 88 valence electrons. The lowest BCUT2D eigenvalue weighted by Gasteiger charge is -2.11. The van der Waals surface area contributed by atoms with E-state index in [-0.39, 0.29) is 0 Å². The molecule has 0 radical (unpaired) electrons. The van der Waals surface area contributed by atoms with Crippen molar-refractivity contribution >= 4 is 0 Å². The molecule has 4 heteroatoms. The second kappa shape index (κ2) is 5.18. The van der Waals surface area contributed by atoms with Gasteiger partial charge in [-0.25, -0.2) is 0 Å². The van der Waals surface area contributed by atoms with Gasteiger partial charge < -0.3 is 19.9 Å². The van der Waals surface area contributed by atoms with Gasteiger partial charge in [0.05, 0.1) is 6.61 Å². The van der Waals surface area contributed by atoms with Gasteiger partial charge in [-0.05, 0) is 31.0 Å². The average Bonchev–Trinajstić information content (AvgIpc) is 2.76. The van der Waals surface area contributed by atoms with Crippen LogP contribution in [0.3, 0.4) is 0 Å². The molecule has 0 bridgehead atoms. The van der Waals surface area contributed by atoms with Gasteiger partial charge in [-0.2, -0.15) is 0 Å². The highest BCUT2D eigenvalue weighted by Gasteiger charge is 2.20. The Labute approximate surface area is 95.3 Å². The second-order valence-corrected chi connectivity index (χ2v) is 3.76. The van der Waals surface area contributed by atoms with E-state index in [2.05, 4.69) is 6.07 Å². The first kappa shape index (κ1) is 11.2. The van der Waals surface area contributed by atoms with Crippen molar-refractivity contribution in [1.82, 2.24) is 0 Å². The Bertz CT molecular complexity index is 366. The summed E-state index contributed by atoms with van der Waals surface area (Å²) in [6.45, 7) is 1.54. The third-order valence-electron chi connectivity index (χ3n) is 2.68. The topological polar surface area (TPSA) is 53.7 Å². The third-order valence-corrected chi connectivity index (χ3v) is 2.68. The third kappa shape index (κ3) is 2.13. The van der Waals surface area contributed by atoms with E-state index in [1.165, 1.54) is 5.56 Å². The summed E-state index contributed by atoms with van der Waals surface area (Å²) in [5.74, 6) is 1.64. The van der Waals surface area contributed by atoms with Crippen LogP contribution in [0.2, 0.25) is 0 Å². The van der Waals surface area contributed by atoms with Crippen molar-refractivity contribution in [3.8, 4) is 11.5 Å². The van der Waals surface area contributed by atoms with Crippen molar-refractivity contribution in [2.45, 2.75) is 19.4 Å². The molecule has 0 aliphatic carbocycles. The number of hydrogen-bond donors (Lipinski definition) is 1. The molecule has 1 aliphatic rings. The molecule has 0 unspecified atom stereocenters. The molecule has 1 aliphatic heterocycles. The van der Waals surface area contributed by atoms with Gasteiger partial charge in [-0.1, -0.05) is 6.07 Å². The SMILES string of the molecule is COCc1c(CCCN)ccc2c1OCO2. The van der Waals surface area contributed by atoms with E-state index in [9.17, 15) is 0 Å². The zero-order valence-corrected chi connectivity index (χ0v) is 9.49. The molecule has 1 aromatic rings. The summed E-state index contributed by atoms with van der Waals surface area (Å²) in [6.07, 6.45) is 1.92. The molecule has 1 aromatic carbocycles. The van der Waals surface area contributed by atoms with Crippen LogP contribution in [-0.2, 0) is 17.8 Å². The Morgan fingerprint density at radius 3 is 3.00 bits per heavy atom. The van der Waals surface area contributed by atoms with Crippen LogP contribution in [0, 0.1) is 0 Å². The van der Waals surface area contributed by atoms with E-state index >= 15 is 0 Å². The molecule has 0 spiro atoms. The van der Waals surface area contributed by atoms with Crippen molar-refractivity contribution in [2.24, 2.45) is 5.73 Å². The van der Waals surface area contributed by atoms with Crippen LogP contribution in [0.4, 0.5) is 0 Å². The Balaban J connectivity index is 2.29. The highest BCUT2D eigenvalue weighted by Crippen LogP contribution is 2.38. The number of nitrogens with two attached hydrogens (primary N) is 1. The van der Waals surface area contributed by atoms with Crippen LogP contribution >= 0.6 is 0 Å². The largest absolute Gasteiger partial charge is 0.454 e. The number of benzene rings is 1. The molecule has 2 rings (SSSR count). The molecule has 0 amide bonds. The van der Waals surface area contributed by atoms with Gasteiger partial charge in [0.25, 0.3) is 0 Å². The smallest absolute Gasteiger partial charge is 0.231 e. The molecule has 16 heavy (non-hydrogen) atoms. The molecule has 0 saturated carbocycles. The Hall–Kier alpha value is -1.26. The lowest BCUT2D eigenvalue weighted by molar-refractivity contribution is 0.162. The zero-order valence-electron chi connectivity index (χ0n) is 9.49. The number of aryl methyl sites for hydroxylation is 1. The standard InChI is InChI=1S/C12H17NO3/c1-14-7-10-9(3-2-6-13)4-5-11-12(10)16-8-15-11/h4-5H,2-3,6-8,13H2,1H3. The van der Waals surface area contributed by atoms with E-state index in [1.807, 2.05) is 6.07 Å². The second-order valence-electron chi connectivity index (χ2n) is 3.76. The number of rotatable bonds is 5. The molecular weight excluding hydrogens is 206 g/mol. The monoisotopic (exact) mass is 223 g/mol. The van der Waals surface area contributed by atoms with Gasteiger partial charge in [0, 0.05) is 12.7 Å². The predicted octanol–water partition coefficient (Wildman–Crippen LogP) is 1.45. The fourth-order valence-corrected chi connectivity index (χ4v) is 1.90. The summed E-state index contributed by atoms with van der Waals surface area (Å²) >= 11 is 0. The average molecular weight is 223 g/mol. The van der Waals surface area contributed by atoms with Crippen LogP contribution in [0.25, 0.3) is 0 Å². The highest BCUT2D eigenvalue weighted by molar-refractivity contribution is 5.52. The molecule has 0 fully saturated rings. The van der Waals surface area contributed by atoms with Crippen LogP contribution in [-0.4, -0.2) is 20.4 Å². The van der Waals surface area contributed by atoms with E-state index in [0.717, 1.165) is 29.9 Å². The number of fused-ring (bicyclic) bond motifs is 1. The lowest BCUT2D eigenvalue weighted by Crippen LogP contribution is -2.04. The van der Waals surface area contributed by atoms with Crippen molar-refractivity contribution in [2.75, 3.05) is 20.4 Å². The number of hydrogen-bond acceptors (Lipinski definition) is 4. The van der Waals surface area contributed by atoms with Gasteiger partial charge in [0.2, 0.25) is 6.79 Å². The normalized spacial score (nSPS) is 13.1. The quantitative estimate of drug-likeness (QED) is 0.821. The molecule has 0 atom stereocenters. The maximum atomic E-state index is 5.53. The molecule has 4 nitrogen and oxygen atoms in total. The van der Waals surface area contributed by atoms with Crippen LogP contribution < -0.4 is 15.2 Å². The Kier molecular flexibility index (Phi) is 3.64. The first-order valence-corrected chi connectivity index (χ1v) is 5.46. The van der Waals surface area contributed by atoms with Crippen molar-refractivity contribution in [3.05, 3.63) is 23.3 Å². The van der Waals surface area contributed by atoms with Crippen LogP contribution in [0.15, 0.2) is 12.1 Å². The maximum Gasteiger partial charge on any atom is 0.231 e. The lowest BCUT2D eigenvalue weighted by atomic mass is 10.0. The molecular formula is C12H17NO3. The van der Waals surface area contributed by atoms with Gasteiger partial charge in [-0.3, -0.25) is 0 Å². The molecule has 2 N–H and O–H groups in total. The van der Waals surface area contributed by atoms with E-state index < -0.39 is 0 Å². The minimum absolute atomic E-state index is 0.298. The molecule has 1 heterocycles. The van der Waals surface area contributed by atoms with Crippen molar-refractivity contribution in [3.63, 3.8) is 0 Å². The molecule has 0 aromatic heterocycles. The summed E-state index contributed by atoms with van der Waals surface area (Å²) in [4.78, 5) is 0. The minimum Gasteiger partial charge on any atom is -0.454 e. The highest BCUT2D eigenvalue weighted by atomic mass is 16.7. The zero-order chi connectivity index (χ0) is 11.4. The van der Waals surface area contributed by atoms with Crippen molar-refractivity contribution in [1.29, 1.82) is 0 Å². The van der Waals surface area contributed by atoms with Gasteiger partial charge in [-0.15, -0.1) is 0 Å². The predicted molar refractivity (Wildman–Crippen MR) is 60.7 cm³/mol. The van der Waals surface area contributed by atoms with Gasteiger partial charge >= 0.3 is 0 Å². The summed E-state index contributed by atoms with van der Waals surface area (Å²) in [7, 11) is 1.68. The van der Waals surface area contributed by atoms with Gasteiger partial charge in [0.1, 0.15) is 0 Å². The Morgan fingerprint density at radius 2 is 2.25 bits per heavy atom. The molecule has 0 saturated heterocycles. The number of ether oxygens (including phenoxy) is 3. The van der Waals surface area contributed by atoms with E-state index in [4.69, 9.17) is 19.9 Å². The van der Waals surface area contributed by atoms with Crippen LogP contribution in [0.5, 0.6) is 11.5 Å². The van der Waals surface area contributed by atoms with E-state index in [1.54, 1.807) is 7.11 Å². The first-order valence-electron chi connectivity index (χ1n) is 5.46. The van der Waals surface area contributed by atoms with Crippen molar-refractivity contribution < 1.29 is 14.2 Å². The van der Waals surface area contributed by atoms with Crippen LogP contribution in [0.1, 0.15) is 17.5 Å². The summed E-state index contributed by atoms with van der Waals surface area (Å²) in [6, 6.07) is 4.02. The van der Waals surface area contributed by atoms with E-state index in [0.29, 0.717) is 19.9 Å².